The summed E-state index contributed by atoms with van der Waals surface area (Å²) in [4.78, 5) is 31.7. The summed E-state index contributed by atoms with van der Waals surface area (Å²) < 4.78 is 73.5. The third kappa shape index (κ3) is 5.01. The highest BCUT2D eigenvalue weighted by Gasteiger charge is 2.61. The molecule has 1 spiro atoms. The molecule has 17 heteroatoms. The van der Waals surface area contributed by atoms with Crippen molar-refractivity contribution in [3.05, 3.63) is 63.8 Å². The van der Waals surface area contributed by atoms with Crippen LogP contribution in [0.3, 0.4) is 0 Å². The number of amides is 2. The number of halogens is 5. The Hall–Kier alpha value is -3.37. The van der Waals surface area contributed by atoms with Crippen LogP contribution in [0.1, 0.15) is 18.1 Å². The monoisotopic (exact) mass is 633 g/mol. The number of carbonyl (C=O) groups excluding carboxylic acids is 2. The molecule has 218 valence electrons. The number of anilines is 2. The minimum absolute atomic E-state index is 0.0734. The molecule has 1 aromatic heterocycles. The van der Waals surface area contributed by atoms with Crippen molar-refractivity contribution >= 4 is 56.7 Å². The van der Waals surface area contributed by atoms with Gasteiger partial charge >= 0.3 is 6.36 Å². The molecule has 0 saturated heterocycles. The number of aliphatic hydroxyl groups excluding tert-OH is 1. The highest BCUT2D eigenvalue weighted by molar-refractivity contribution is 7.89. The third-order valence-electron chi connectivity index (χ3n) is 6.57. The van der Waals surface area contributed by atoms with Gasteiger partial charge in [-0.3, -0.25) is 14.2 Å². The number of ether oxygens (including phenoxy) is 1. The second kappa shape index (κ2) is 10.2. The summed E-state index contributed by atoms with van der Waals surface area (Å²) in [7, 11) is -4.56. The molecule has 41 heavy (non-hydrogen) atoms. The normalized spacial score (nSPS) is 18.6. The first-order valence-electron chi connectivity index (χ1n) is 11.9. The van der Waals surface area contributed by atoms with E-state index in [-0.39, 0.29) is 46.8 Å². The van der Waals surface area contributed by atoms with Crippen LogP contribution >= 0.6 is 23.2 Å². The first-order chi connectivity index (χ1) is 19.2. The summed E-state index contributed by atoms with van der Waals surface area (Å²) in [5, 5.41) is 11.1. The maximum atomic E-state index is 14.2. The Labute approximate surface area is 240 Å². The average Bonchev–Trinajstić information content (AvgIpc) is 3.38. The molecule has 0 bridgehead atoms. The molecule has 2 amide bonds. The third-order valence-corrected chi connectivity index (χ3v) is 8.51. The Morgan fingerprint density at radius 1 is 1.22 bits per heavy atom. The van der Waals surface area contributed by atoms with Gasteiger partial charge in [-0.1, -0.05) is 29.3 Å². The summed E-state index contributed by atoms with van der Waals surface area (Å²) in [5.74, 6) is -2.22. The van der Waals surface area contributed by atoms with Crippen molar-refractivity contribution in [1.82, 2.24) is 19.6 Å². The zero-order valence-corrected chi connectivity index (χ0v) is 23.2. The molecule has 1 aliphatic heterocycles. The Morgan fingerprint density at radius 3 is 2.54 bits per heavy atom. The number of imidazole rings is 1. The number of nitrogens with zero attached hydrogens (tertiary/aromatic N) is 3. The van der Waals surface area contributed by atoms with Gasteiger partial charge in [0, 0.05) is 23.0 Å². The van der Waals surface area contributed by atoms with Gasteiger partial charge in [-0.2, -0.15) is 4.72 Å². The van der Waals surface area contributed by atoms with Crippen LogP contribution in [-0.4, -0.2) is 60.4 Å². The number of hydrogen-bond acceptors (Lipinski definition) is 7. The van der Waals surface area contributed by atoms with Crippen LogP contribution in [0.25, 0.3) is 0 Å². The quantitative estimate of drug-likeness (QED) is 0.346. The predicted octanol–water partition coefficient (Wildman–Crippen LogP) is 2.84. The molecule has 5 rings (SSSR count). The molecule has 3 aromatic rings. The van der Waals surface area contributed by atoms with E-state index in [9.17, 15) is 31.2 Å². The van der Waals surface area contributed by atoms with Crippen LogP contribution in [0.4, 0.5) is 24.8 Å². The van der Waals surface area contributed by atoms with E-state index in [2.05, 4.69) is 19.8 Å². The molecule has 2 aliphatic rings. The number of rotatable bonds is 8. The van der Waals surface area contributed by atoms with E-state index < -0.39 is 50.6 Å². The average molecular weight is 634 g/mol. The Bertz CT molecular complexity index is 1660. The van der Waals surface area contributed by atoms with Gasteiger partial charge in [-0.15, -0.1) is 13.2 Å². The van der Waals surface area contributed by atoms with Crippen LogP contribution in [0.2, 0.25) is 10.0 Å². The number of aromatic nitrogens is 2. The fraction of sp³-hybridized carbons (Fsp3) is 0.292. The van der Waals surface area contributed by atoms with Crippen LogP contribution < -0.4 is 19.7 Å². The minimum atomic E-state index is -5.01. The number of benzene rings is 2. The summed E-state index contributed by atoms with van der Waals surface area (Å²) >= 11 is 12.3. The summed E-state index contributed by atoms with van der Waals surface area (Å²) in [6.07, 6.45) is -4.13. The number of carbonyl (C=O) groups is 2. The number of sulfonamides is 1. The zero-order valence-electron chi connectivity index (χ0n) is 20.9. The van der Waals surface area contributed by atoms with Gasteiger partial charge in [0.15, 0.2) is 10.6 Å². The maximum absolute atomic E-state index is 14.2. The van der Waals surface area contributed by atoms with Crippen molar-refractivity contribution in [2.24, 2.45) is 0 Å². The van der Waals surface area contributed by atoms with E-state index in [4.69, 9.17) is 28.3 Å². The zero-order chi connectivity index (χ0) is 29.9. The lowest BCUT2D eigenvalue weighted by molar-refractivity contribution is -0.274. The van der Waals surface area contributed by atoms with Crippen molar-refractivity contribution in [1.29, 1.82) is 0 Å². The van der Waals surface area contributed by atoms with E-state index in [1.807, 2.05) is 0 Å². The number of aliphatic hydroxyl groups is 1. The molecule has 2 heterocycles. The first kappa shape index (κ1) is 29.1. The summed E-state index contributed by atoms with van der Waals surface area (Å²) in [6.45, 7) is 0.793. The van der Waals surface area contributed by atoms with Gasteiger partial charge in [0.2, 0.25) is 11.9 Å². The maximum Gasteiger partial charge on any atom is 0.573 e. The fourth-order valence-electron chi connectivity index (χ4n) is 4.93. The van der Waals surface area contributed by atoms with E-state index in [0.717, 1.165) is 27.8 Å². The van der Waals surface area contributed by atoms with Gasteiger partial charge in [0.25, 0.3) is 15.9 Å². The second-order valence-corrected chi connectivity index (χ2v) is 11.8. The first-order valence-corrected chi connectivity index (χ1v) is 14.1. The Kier molecular flexibility index (Phi) is 7.22. The van der Waals surface area contributed by atoms with Crippen LogP contribution in [0.5, 0.6) is 5.75 Å². The molecule has 1 aliphatic carbocycles. The molecule has 2 aromatic carbocycles. The highest BCUT2D eigenvalue weighted by atomic mass is 35.5. The summed E-state index contributed by atoms with van der Waals surface area (Å²) in [6, 6.07) is 6.38. The largest absolute Gasteiger partial charge is 0.573 e. The lowest BCUT2D eigenvalue weighted by atomic mass is 9.70. The number of nitrogens with one attached hydrogen (secondary N) is 2. The van der Waals surface area contributed by atoms with Crippen molar-refractivity contribution in [3.8, 4) is 5.75 Å². The van der Waals surface area contributed by atoms with Crippen LogP contribution in [0, 0.1) is 0 Å². The molecule has 0 radical (unpaired) electrons. The molecule has 2 atom stereocenters. The van der Waals surface area contributed by atoms with Gasteiger partial charge in [0.05, 0.1) is 24.5 Å². The predicted molar refractivity (Wildman–Crippen MR) is 140 cm³/mol. The summed E-state index contributed by atoms with van der Waals surface area (Å²) in [5.41, 5.74) is -1.13. The standard InChI is InChI=1S/C24H20Cl2F3N5O6S/c1-12(20(36)30-4-5-35)32-41(38,39)19-11-31-22-33(16-7-14(25)6-15(26)8-16)21(37)23(34(19)22)10-13-2-3-17(9-18(13)23)40-24(27,28)29/h2-3,6-9,11-12,32,35H,4-5,10H2,1H3,(H,30,36)/t12-,23-/m0/s1. The van der Waals surface area contributed by atoms with Gasteiger partial charge in [-0.25, -0.2) is 18.3 Å². The fourth-order valence-corrected chi connectivity index (χ4v) is 6.81. The highest BCUT2D eigenvalue weighted by Crippen LogP contribution is 2.54. The van der Waals surface area contributed by atoms with Crippen molar-refractivity contribution in [2.75, 3.05) is 18.1 Å². The number of alkyl halides is 3. The number of hydrogen-bond donors (Lipinski definition) is 3. The van der Waals surface area contributed by atoms with E-state index in [1.165, 1.54) is 31.2 Å². The van der Waals surface area contributed by atoms with Gasteiger partial charge < -0.3 is 15.2 Å². The van der Waals surface area contributed by atoms with Crippen LogP contribution in [-0.2, 0) is 31.6 Å². The lowest BCUT2D eigenvalue weighted by Crippen LogP contribution is -2.52. The van der Waals surface area contributed by atoms with E-state index >= 15 is 0 Å². The Balaban J connectivity index is 1.66. The molecular weight excluding hydrogens is 614 g/mol. The van der Waals surface area contributed by atoms with Crippen molar-refractivity contribution < 1.29 is 41.0 Å². The molecule has 11 nitrogen and oxygen atoms in total. The molecule has 3 N–H and O–H groups in total. The number of fused-ring (bicyclic) bond motifs is 4. The molecule has 0 saturated carbocycles. The molecule has 0 unspecified atom stereocenters. The lowest BCUT2D eigenvalue weighted by Gasteiger charge is -2.41. The minimum Gasteiger partial charge on any atom is -0.406 e. The van der Waals surface area contributed by atoms with Gasteiger partial charge in [0.1, 0.15) is 5.75 Å². The van der Waals surface area contributed by atoms with Crippen molar-refractivity contribution in [2.45, 2.75) is 36.3 Å². The smallest absolute Gasteiger partial charge is 0.406 e. The van der Waals surface area contributed by atoms with E-state index in [1.54, 1.807) is 0 Å². The molecule has 0 fully saturated rings. The Morgan fingerprint density at radius 2 is 1.90 bits per heavy atom. The SMILES string of the molecule is C[C@H](NS(=O)(=O)c1cnc2n1[C@]1(Cc3ccc(OC(F)(F)F)cc31)C(=O)N2c1cc(Cl)cc(Cl)c1)C(=O)NCCO. The second-order valence-electron chi connectivity index (χ2n) is 9.26. The van der Waals surface area contributed by atoms with Gasteiger partial charge in [-0.05, 0) is 48.4 Å². The topological polar surface area (TPSA) is 143 Å². The molecular formula is C24H20Cl2F3N5O6S. The van der Waals surface area contributed by atoms with Crippen LogP contribution in [0.15, 0.2) is 47.6 Å². The van der Waals surface area contributed by atoms with E-state index in [0.29, 0.717) is 5.56 Å². The van der Waals surface area contributed by atoms with Crippen molar-refractivity contribution in [3.63, 3.8) is 0 Å².